The van der Waals surface area contributed by atoms with E-state index in [1.165, 1.54) is 0 Å². The molecule has 1 aliphatic rings. The van der Waals surface area contributed by atoms with Crippen molar-refractivity contribution in [2.45, 2.75) is 19.8 Å². The first-order chi connectivity index (χ1) is 8.05. The normalized spacial score (nSPS) is 21.4. The van der Waals surface area contributed by atoms with Crippen molar-refractivity contribution in [3.05, 3.63) is 11.8 Å². The standard InChI is InChI=1S/C10H17N3O3S/c1-8-5-10(12-16-8)13-17(14,15)7-9-3-2-4-11-6-9/h5,9,11H,2-4,6-7H2,1H3,(H,12,13). The van der Waals surface area contributed by atoms with Crippen LogP contribution in [-0.2, 0) is 10.0 Å². The number of sulfonamides is 1. The number of hydrogen-bond acceptors (Lipinski definition) is 5. The van der Waals surface area contributed by atoms with Gasteiger partial charge in [-0.25, -0.2) is 8.42 Å². The van der Waals surface area contributed by atoms with Gasteiger partial charge in [-0.3, -0.25) is 4.72 Å². The fraction of sp³-hybridized carbons (Fsp3) is 0.700. The molecule has 96 valence electrons. The Bertz CT molecular complexity index is 463. The Morgan fingerprint density at radius 1 is 1.65 bits per heavy atom. The fourth-order valence-electron chi connectivity index (χ4n) is 1.99. The van der Waals surface area contributed by atoms with Crippen molar-refractivity contribution in [2.75, 3.05) is 23.6 Å². The Morgan fingerprint density at radius 3 is 3.06 bits per heavy atom. The topological polar surface area (TPSA) is 84.2 Å². The first-order valence-electron chi connectivity index (χ1n) is 5.70. The third kappa shape index (κ3) is 3.71. The molecule has 2 rings (SSSR count). The van der Waals surface area contributed by atoms with E-state index in [9.17, 15) is 8.42 Å². The number of piperidine rings is 1. The summed E-state index contributed by atoms with van der Waals surface area (Å²) in [6.07, 6.45) is 1.98. The Kier molecular flexibility index (Phi) is 3.68. The average Bonchev–Trinajstić information content (AvgIpc) is 2.63. The lowest BCUT2D eigenvalue weighted by molar-refractivity contribution is 0.399. The first kappa shape index (κ1) is 12.4. The molecule has 2 N–H and O–H groups in total. The van der Waals surface area contributed by atoms with Crippen LogP contribution in [0.2, 0.25) is 0 Å². The van der Waals surface area contributed by atoms with E-state index in [0.717, 1.165) is 25.9 Å². The summed E-state index contributed by atoms with van der Waals surface area (Å²) in [5, 5.41) is 6.81. The van der Waals surface area contributed by atoms with Crippen molar-refractivity contribution < 1.29 is 12.9 Å². The summed E-state index contributed by atoms with van der Waals surface area (Å²) in [4.78, 5) is 0. The summed E-state index contributed by atoms with van der Waals surface area (Å²) in [6, 6.07) is 1.57. The molecule has 6 nitrogen and oxygen atoms in total. The first-order valence-corrected chi connectivity index (χ1v) is 7.35. The number of rotatable bonds is 4. The molecule has 1 aromatic heterocycles. The summed E-state index contributed by atoms with van der Waals surface area (Å²) in [7, 11) is -3.33. The Hall–Kier alpha value is -1.08. The zero-order chi connectivity index (χ0) is 12.3. The van der Waals surface area contributed by atoms with Crippen molar-refractivity contribution in [2.24, 2.45) is 5.92 Å². The molecular weight excluding hydrogens is 242 g/mol. The highest BCUT2D eigenvalue weighted by Crippen LogP contribution is 2.15. The molecule has 2 heterocycles. The van der Waals surface area contributed by atoms with Gasteiger partial charge in [0.15, 0.2) is 5.82 Å². The van der Waals surface area contributed by atoms with E-state index < -0.39 is 10.0 Å². The predicted molar refractivity (Wildman–Crippen MR) is 64.2 cm³/mol. The van der Waals surface area contributed by atoms with Crippen molar-refractivity contribution in [3.63, 3.8) is 0 Å². The summed E-state index contributed by atoms with van der Waals surface area (Å²) < 4.78 is 31.0. The summed E-state index contributed by atoms with van der Waals surface area (Å²) in [5.74, 6) is 1.15. The zero-order valence-corrected chi connectivity index (χ0v) is 10.6. The lowest BCUT2D eigenvalue weighted by atomic mass is 10.0. The SMILES string of the molecule is Cc1cc(NS(=O)(=O)CC2CCCNC2)no1. The number of aromatic nitrogens is 1. The van der Waals surface area contributed by atoms with Gasteiger partial charge in [0, 0.05) is 6.07 Å². The van der Waals surface area contributed by atoms with Crippen LogP contribution in [0.15, 0.2) is 10.6 Å². The van der Waals surface area contributed by atoms with E-state index in [-0.39, 0.29) is 17.5 Å². The van der Waals surface area contributed by atoms with Crippen molar-refractivity contribution in [1.82, 2.24) is 10.5 Å². The van der Waals surface area contributed by atoms with Gasteiger partial charge in [0.2, 0.25) is 10.0 Å². The predicted octanol–water partition coefficient (Wildman–Crippen LogP) is 0.724. The molecule has 1 aliphatic heterocycles. The third-order valence-electron chi connectivity index (χ3n) is 2.74. The van der Waals surface area contributed by atoms with Crippen LogP contribution < -0.4 is 10.0 Å². The summed E-state index contributed by atoms with van der Waals surface area (Å²) >= 11 is 0. The minimum Gasteiger partial charge on any atom is -0.360 e. The molecule has 0 bridgehead atoms. The van der Waals surface area contributed by atoms with Gasteiger partial charge in [0.25, 0.3) is 0 Å². The molecule has 0 aliphatic carbocycles. The molecular formula is C10H17N3O3S. The van der Waals surface area contributed by atoms with E-state index in [1.54, 1.807) is 13.0 Å². The smallest absolute Gasteiger partial charge is 0.234 e. The van der Waals surface area contributed by atoms with Crippen LogP contribution in [0.1, 0.15) is 18.6 Å². The van der Waals surface area contributed by atoms with Gasteiger partial charge in [-0.2, -0.15) is 0 Å². The van der Waals surface area contributed by atoms with E-state index in [0.29, 0.717) is 5.76 Å². The average molecular weight is 259 g/mol. The van der Waals surface area contributed by atoms with Gasteiger partial charge >= 0.3 is 0 Å². The molecule has 1 aromatic rings. The fourth-order valence-corrected chi connectivity index (χ4v) is 3.40. The molecule has 0 saturated carbocycles. The Balaban J connectivity index is 1.94. The number of anilines is 1. The molecule has 17 heavy (non-hydrogen) atoms. The number of nitrogens with one attached hydrogen (secondary N) is 2. The van der Waals surface area contributed by atoms with Gasteiger partial charge in [0.05, 0.1) is 5.75 Å². The maximum absolute atomic E-state index is 11.9. The summed E-state index contributed by atoms with van der Waals surface area (Å²) in [5.41, 5.74) is 0. The van der Waals surface area contributed by atoms with E-state index in [1.807, 2.05) is 0 Å². The lowest BCUT2D eigenvalue weighted by Crippen LogP contribution is -2.35. The quantitative estimate of drug-likeness (QED) is 0.832. The third-order valence-corrected chi connectivity index (χ3v) is 4.17. The second-order valence-corrected chi connectivity index (χ2v) is 6.19. The molecule has 0 radical (unpaired) electrons. The van der Waals surface area contributed by atoms with Crippen LogP contribution in [0.3, 0.4) is 0 Å². The second-order valence-electron chi connectivity index (χ2n) is 4.42. The molecule has 0 aromatic carbocycles. The number of hydrogen-bond donors (Lipinski definition) is 2. The second kappa shape index (κ2) is 5.05. The van der Waals surface area contributed by atoms with Crippen LogP contribution >= 0.6 is 0 Å². The minimum atomic E-state index is -3.33. The van der Waals surface area contributed by atoms with E-state index in [4.69, 9.17) is 4.52 Å². The van der Waals surface area contributed by atoms with Gasteiger partial charge in [0.1, 0.15) is 5.76 Å². The molecule has 1 unspecified atom stereocenters. The van der Waals surface area contributed by atoms with Crippen molar-refractivity contribution in [3.8, 4) is 0 Å². The van der Waals surface area contributed by atoms with Crippen LogP contribution in [0.4, 0.5) is 5.82 Å². The van der Waals surface area contributed by atoms with E-state index in [2.05, 4.69) is 15.2 Å². The summed E-state index contributed by atoms with van der Waals surface area (Å²) in [6.45, 7) is 3.46. The van der Waals surface area contributed by atoms with Crippen LogP contribution in [0.25, 0.3) is 0 Å². The van der Waals surface area contributed by atoms with E-state index >= 15 is 0 Å². The largest absolute Gasteiger partial charge is 0.360 e. The Labute approximate surface area is 101 Å². The van der Waals surface area contributed by atoms with Crippen LogP contribution in [-0.4, -0.2) is 32.4 Å². The maximum atomic E-state index is 11.9. The highest BCUT2D eigenvalue weighted by Gasteiger charge is 2.21. The number of aryl methyl sites for hydroxylation is 1. The minimum absolute atomic E-state index is 0.131. The molecule has 7 heteroatoms. The highest BCUT2D eigenvalue weighted by atomic mass is 32.2. The van der Waals surface area contributed by atoms with Gasteiger partial charge < -0.3 is 9.84 Å². The van der Waals surface area contributed by atoms with Gasteiger partial charge in [-0.15, -0.1) is 0 Å². The van der Waals surface area contributed by atoms with Crippen LogP contribution in [0.5, 0.6) is 0 Å². The zero-order valence-electron chi connectivity index (χ0n) is 9.77. The van der Waals surface area contributed by atoms with Gasteiger partial charge in [-0.1, -0.05) is 5.16 Å². The highest BCUT2D eigenvalue weighted by molar-refractivity contribution is 7.92. The molecule has 1 saturated heterocycles. The molecule has 1 atom stereocenters. The lowest BCUT2D eigenvalue weighted by Gasteiger charge is -2.22. The number of nitrogens with zero attached hydrogens (tertiary/aromatic N) is 1. The monoisotopic (exact) mass is 259 g/mol. The molecule has 0 amide bonds. The maximum Gasteiger partial charge on any atom is 0.234 e. The van der Waals surface area contributed by atoms with Crippen LogP contribution in [0, 0.1) is 12.8 Å². The molecule has 1 fully saturated rings. The molecule has 0 spiro atoms. The van der Waals surface area contributed by atoms with Crippen molar-refractivity contribution >= 4 is 15.8 Å². The van der Waals surface area contributed by atoms with Crippen molar-refractivity contribution in [1.29, 1.82) is 0 Å². The Morgan fingerprint density at radius 2 is 2.47 bits per heavy atom. The van der Waals surface area contributed by atoms with Gasteiger partial charge in [-0.05, 0) is 38.8 Å².